The van der Waals surface area contributed by atoms with Crippen LogP contribution in [0.25, 0.3) is 11.1 Å². The van der Waals surface area contributed by atoms with Gasteiger partial charge >= 0.3 is 5.97 Å². The first kappa shape index (κ1) is 20.7. The van der Waals surface area contributed by atoms with Gasteiger partial charge in [0.25, 0.3) is 0 Å². The zero-order valence-electron chi connectivity index (χ0n) is 16.1. The summed E-state index contributed by atoms with van der Waals surface area (Å²) in [6.45, 7) is 8.49. The smallest absolute Gasteiger partial charge is 0.341 e. The lowest BCUT2D eigenvalue weighted by Crippen LogP contribution is -2.25. The predicted molar refractivity (Wildman–Crippen MR) is 101 cm³/mol. The summed E-state index contributed by atoms with van der Waals surface area (Å²) in [5, 5.41) is 9.68. The molecule has 0 spiro atoms. The first-order valence-corrected chi connectivity index (χ1v) is 9.80. The highest BCUT2D eigenvalue weighted by Crippen LogP contribution is 2.35. The third-order valence-corrected chi connectivity index (χ3v) is 4.75. The molecule has 0 amide bonds. The number of pyridine rings is 1. The second-order valence-electron chi connectivity index (χ2n) is 7.12. The lowest BCUT2D eigenvalue weighted by molar-refractivity contribution is 0.00691. The molecule has 5 nitrogen and oxygen atoms in total. The molecule has 1 unspecified atom stereocenters. The number of aryl methyl sites for hydroxylation is 2. The van der Waals surface area contributed by atoms with E-state index in [0.29, 0.717) is 17.0 Å². The maximum absolute atomic E-state index is 13.7. The minimum atomic E-state index is -1.54. The van der Waals surface area contributed by atoms with Crippen LogP contribution in [0.2, 0.25) is 0 Å². The molecule has 1 heterocycles. The van der Waals surface area contributed by atoms with Gasteiger partial charge < -0.3 is 4.74 Å². The second-order valence-corrected chi connectivity index (χ2v) is 8.46. The monoisotopic (exact) mass is 388 g/mol. The number of esters is 1. The summed E-state index contributed by atoms with van der Waals surface area (Å²) in [6.07, 6.45) is 1.42. The first-order chi connectivity index (χ1) is 12.5. The van der Waals surface area contributed by atoms with Gasteiger partial charge in [-0.3, -0.25) is 9.19 Å². The summed E-state index contributed by atoms with van der Waals surface area (Å²) in [7, 11) is -1.54. The second kappa shape index (κ2) is 7.57. The molecule has 1 atom stereocenters. The van der Waals surface area contributed by atoms with Gasteiger partial charge in [-0.05, 0) is 46.8 Å². The minimum absolute atomic E-state index is 0.116. The molecule has 0 aliphatic heterocycles. The fourth-order valence-electron chi connectivity index (χ4n) is 2.78. The SMILES string of the molecule is Cc1nc(C)c(C(=O)OC(C)(C)C)c(-c2ccc(F)cc2S(C)=O)c1C#N. The number of nitriles is 1. The van der Waals surface area contributed by atoms with Gasteiger partial charge in [-0.25, -0.2) is 9.18 Å². The number of hydrogen-bond donors (Lipinski definition) is 0. The molecule has 1 aromatic carbocycles. The van der Waals surface area contributed by atoms with Gasteiger partial charge in [-0.2, -0.15) is 5.26 Å². The molecule has 2 rings (SSSR count). The average molecular weight is 388 g/mol. The van der Waals surface area contributed by atoms with Crippen LogP contribution in [-0.4, -0.2) is 27.0 Å². The molecule has 0 aliphatic carbocycles. The normalized spacial score (nSPS) is 12.4. The van der Waals surface area contributed by atoms with Crippen molar-refractivity contribution < 1.29 is 18.1 Å². The first-order valence-electron chi connectivity index (χ1n) is 8.24. The predicted octanol–water partition coefficient (Wildman–Crippen LogP) is 4.07. The Hall–Kier alpha value is -2.59. The fourth-order valence-corrected chi connectivity index (χ4v) is 3.53. The van der Waals surface area contributed by atoms with E-state index in [9.17, 15) is 18.7 Å². The summed E-state index contributed by atoms with van der Waals surface area (Å²) in [5.41, 5.74) is 0.954. The fraction of sp³-hybridized carbons (Fsp3) is 0.350. The van der Waals surface area contributed by atoms with Crippen molar-refractivity contribution in [2.24, 2.45) is 0 Å². The third-order valence-electron chi connectivity index (χ3n) is 3.80. The highest BCUT2D eigenvalue weighted by atomic mass is 32.2. The van der Waals surface area contributed by atoms with Crippen LogP contribution in [0.3, 0.4) is 0 Å². The van der Waals surface area contributed by atoms with Crippen LogP contribution < -0.4 is 0 Å². The minimum Gasteiger partial charge on any atom is -0.456 e. The Kier molecular flexibility index (Phi) is 5.81. The number of ether oxygens (including phenoxy) is 1. The average Bonchev–Trinajstić information content (AvgIpc) is 2.52. The van der Waals surface area contributed by atoms with E-state index in [1.165, 1.54) is 18.4 Å². The molecular weight excluding hydrogens is 367 g/mol. The lowest BCUT2D eigenvalue weighted by Gasteiger charge is -2.22. The molecular formula is C20H21FN2O3S. The van der Waals surface area contributed by atoms with Gasteiger partial charge in [-0.1, -0.05) is 6.07 Å². The number of aromatic nitrogens is 1. The van der Waals surface area contributed by atoms with E-state index in [-0.39, 0.29) is 21.6 Å². The molecule has 0 radical (unpaired) electrons. The van der Waals surface area contributed by atoms with Crippen molar-refractivity contribution >= 4 is 16.8 Å². The topological polar surface area (TPSA) is 80.0 Å². The molecule has 2 aromatic rings. The van der Waals surface area contributed by atoms with Gasteiger partial charge in [0.15, 0.2) is 0 Å². The van der Waals surface area contributed by atoms with Crippen molar-refractivity contribution in [3.8, 4) is 17.2 Å². The summed E-state index contributed by atoms with van der Waals surface area (Å²) >= 11 is 0. The van der Waals surface area contributed by atoms with E-state index >= 15 is 0 Å². The zero-order valence-corrected chi connectivity index (χ0v) is 17.0. The van der Waals surface area contributed by atoms with Crippen molar-refractivity contribution in [3.63, 3.8) is 0 Å². The maximum Gasteiger partial charge on any atom is 0.341 e. The highest BCUT2D eigenvalue weighted by molar-refractivity contribution is 7.84. The number of carbonyl (C=O) groups excluding carboxylic acids is 1. The van der Waals surface area contributed by atoms with Gasteiger partial charge in [0.2, 0.25) is 0 Å². The van der Waals surface area contributed by atoms with Gasteiger partial charge in [0.05, 0.1) is 33.3 Å². The largest absolute Gasteiger partial charge is 0.456 e. The zero-order chi connectivity index (χ0) is 20.5. The number of nitrogens with zero attached hydrogens (tertiary/aromatic N) is 2. The van der Waals surface area contributed by atoms with E-state index in [1.807, 2.05) is 0 Å². The molecule has 0 bridgehead atoms. The molecule has 0 fully saturated rings. The number of rotatable bonds is 3. The van der Waals surface area contributed by atoms with Gasteiger partial charge in [0.1, 0.15) is 17.5 Å². The van der Waals surface area contributed by atoms with Gasteiger partial charge in [0, 0.05) is 22.3 Å². The Balaban J connectivity index is 2.93. The summed E-state index contributed by atoms with van der Waals surface area (Å²) in [4.78, 5) is 17.4. The van der Waals surface area contributed by atoms with Crippen LogP contribution in [0.15, 0.2) is 23.1 Å². The number of halogens is 1. The third kappa shape index (κ3) is 4.40. The van der Waals surface area contributed by atoms with E-state index < -0.39 is 28.2 Å². The molecule has 0 saturated carbocycles. The van der Waals surface area contributed by atoms with Crippen molar-refractivity contribution in [2.75, 3.05) is 6.26 Å². The molecule has 142 valence electrons. The number of carbonyl (C=O) groups is 1. The Morgan fingerprint density at radius 1 is 1.26 bits per heavy atom. The Morgan fingerprint density at radius 3 is 2.41 bits per heavy atom. The van der Waals surface area contributed by atoms with E-state index in [4.69, 9.17) is 4.74 Å². The molecule has 0 aliphatic rings. The van der Waals surface area contributed by atoms with E-state index in [1.54, 1.807) is 34.6 Å². The highest BCUT2D eigenvalue weighted by Gasteiger charge is 2.28. The number of hydrogen-bond acceptors (Lipinski definition) is 5. The standard InChI is InChI=1S/C20H21FN2O3S/c1-11-15(10-22)18(14-8-7-13(21)9-16(14)27(6)25)17(12(2)23-11)19(24)26-20(3,4)5/h7-9H,1-6H3. The molecule has 0 saturated heterocycles. The van der Waals surface area contributed by atoms with Crippen molar-refractivity contribution in [1.82, 2.24) is 4.98 Å². The quantitative estimate of drug-likeness (QED) is 0.741. The van der Waals surface area contributed by atoms with Crippen molar-refractivity contribution in [3.05, 3.63) is 46.5 Å². The summed E-state index contributed by atoms with van der Waals surface area (Å²) in [5.74, 6) is -1.19. The van der Waals surface area contributed by atoms with E-state index in [2.05, 4.69) is 11.1 Å². The van der Waals surface area contributed by atoms with Crippen LogP contribution in [-0.2, 0) is 15.5 Å². The Labute approximate surface area is 160 Å². The molecule has 27 heavy (non-hydrogen) atoms. The van der Waals surface area contributed by atoms with Crippen molar-refractivity contribution in [1.29, 1.82) is 5.26 Å². The molecule has 1 aromatic heterocycles. The molecule has 7 heteroatoms. The lowest BCUT2D eigenvalue weighted by atomic mass is 9.93. The summed E-state index contributed by atoms with van der Waals surface area (Å²) < 4.78 is 31.4. The van der Waals surface area contributed by atoms with E-state index in [0.717, 1.165) is 6.07 Å². The Bertz CT molecular complexity index is 988. The van der Waals surface area contributed by atoms with Crippen LogP contribution in [0, 0.1) is 31.0 Å². The summed E-state index contributed by atoms with van der Waals surface area (Å²) in [6, 6.07) is 5.85. The Morgan fingerprint density at radius 2 is 1.89 bits per heavy atom. The maximum atomic E-state index is 13.7. The van der Waals surface area contributed by atoms with Crippen LogP contribution >= 0.6 is 0 Å². The van der Waals surface area contributed by atoms with Gasteiger partial charge in [-0.15, -0.1) is 0 Å². The van der Waals surface area contributed by atoms with Crippen molar-refractivity contribution in [2.45, 2.75) is 45.1 Å². The number of benzene rings is 1. The van der Waals surface area contributed by atoms with Crippen LogP contribution in [0.5, 0.6) is 0 Å². The molecule has 0 N–H and O–H groups in total. The van der Waals surface area contributed by atoms with Crippen LogP contribution in [0.4, 0.5) is 4.39 Å². The van der Waals surface area contributed by atoms with Crippen LogP contribution in [0.1, 0.15) is 48.1 Å².